The number of ether oxygens (including phenoxy) is 1. The van der Waals surface area contributed by atoms with Gasteiger partial charge in [0, 0.05) is 9.89 Å². The normalized spacial score (nSPS) is 35.0. The van der Waals surface area contributed by atoms with Crippen molar-refractivity contribution >= 4 is 21.9 Å². The lowest BCUT2D eigenvalue weighted by molar-refractivity contribution is -0.158. The topological polar surface area (TPSA) is 52.3 Å². The van der Waals surface area contributed by atoms with Crippen LogP contribution in [-0.4, -0.2) is 12.6 Å². The van der Waals surface area contributed by atoms with Crippen LogP contribution in [0.25, 0.3) is 0 Å². The molecule has 4 atom stereocenters. The van der Waals surface area contributed by atoms with Gasteiger partial charge in [-0.25, -0.2) is 4.79 Å². The molecule has 4 heteroatoms. The van der Waals surface area contributed by atoms with E-state index in [9.17, 15) is 4.79 Å². The lowest BCUT2D eigenvalue weighted by Gasteiger charge is -2.49. The largest absolute Gasteiger partial charge is 0.464 e. The molecule has 2 N–H and O–H groups in total. The van der Waals surface area contributed by atoms with Crippen molar-refractivity contribution in [2.75, 3.05) is 6.61 Å². The number of esters is 1. The minimum Gasteiger partial charge on any atom is -0.464 e. The van der Waals surface area contributed by atoms with Crippen LogP contribution in [0.2, 0.25) is 0 Å². The first-order valence-corrected chi connectivity index (χ1v) is 9.92. The van der Waals surface area contributed by atoms with E-state index in [4.69, 9.17) is 10.5 Å². The smallest absolute Gasteiger partial charge is 0.331 e. The third-order valence-corrected chi connectivity index (χ3v) is 7.01. The first-order chi connectivity index (χ1) is 11.4. The van der Waals surface area contributed by atoms with E-state index < -0.39 is 5.54 Å². The maximum atomic E-state index is 13.0. The minimum absolute atomic E-state index is 0.213. The predicted octanol–water partition coefficient (Wildman–Crippen LogP) is 4.55. The fourth-order valence-corrected chi connectivity index (χ4v) is 5.40. The van der Waals surface area contributed by atoms with Crippen molar-refractivity contribution in [3.05, 3.63) is 33.8 Å². The van der Waals surface area contributed by atoms with Gasteiger partial charge < -0.3 is 10.5 Å². The van der Waals surface area contributed by atoms with E-state index >= 15 is 0 Å². The van der Waals surface area contributed by atoms with Gasteiger partial charge >= 0.3 is 5.97 Å². The van der Waals surface area contributed by atoms with E-state index in [1.165, 1.54) is 5.56 Å². The first kappa shape index (κ1) is 17.9. The fraction of sp³-hybridized carbons (Fsp3) is 0.650. The maximum absolute atomic E-state index is 13.0. The van der Waals surface area contributed by atoms with Crippen molar-refractivity contribution in [2.24, 2.45) is 23.0 Å². The minimum atomic E-state index is -1.03. The average Bonchev–Trinajstić information content (AvgIpc) is 2.80. The summed E-state index contributed by atoms with van der Waals surface area (Å²) in [5.74, 6) is 1.06. The Labute approximate surface area is 153 Å². The highest BCUT2D eigenvalue weighted by molar-refractivity contribution is 9.10. The molecule has 2 aliphatic carbocycles. The quantitative estimate of drug-likeness (QED) is 0.765. The number of benzene rings is 1. The second-order valence-corrected chi connectivity index (χ2v) is 8.59. The molecule has 0 radical (unpaired) electrons. The van der Waals surface area contributed by atoms with Gasteiger partial charge in [-0.15, -0.1) is 0 Å². The molecule has 132 valence electrons. The van der Waals surface area contributed by atoms with Crippen LogP contribution < -0.4 is 5.73 Å². The van der Waals surface area contributed by atoms with E-state index in [1.54, 1.807) is 0 Å². The molecule has 0 unspecified atom stereocenters. The summed E-state index contributed by atoms with van der Waals surface area (Å²) >= 11 is 3.54. The van der Waals surface area contributed by atoms with Gasteiger partial charge in [0.1, 0.15) is 5.54 Å². The third-order valence-electron chi connectivity index (χ3n) is 6.52. The van der Waals surface area contributed by atoms with Crippen molar-refractivity contribution < 1.29 is 9.53 Å². The van der Waals surface area contributed by atoms with Crippen molar-refractivity contribution in [1.29, 1.82) is 0 Å². The van der Waals surface area contributed by atoms with E-state index in [0.29, 0.717) is 18.4 Å². The van der Waals surface area contributed by atoms with Gasteiger partial charge in [-0.3, -0.25) is 0 Å². The van der Waals surface area contributed by atoms with Gasteiger partial charge in [0.25, 0.3) is 0 Å². The molecule has 3 nitrogen and oxygen atoms in total. The molecule has 0 heterocycles. The van der Waals surface area contributed by atoms with Crippen LogP contribution in [0, 0.1) is 17.3 Å². The number of carbonyl (C=O) groups excluding carboxylic acids is 1. The molecule has 24 heavy (non-hydrogen) atoms. The maximum Gasteiger partial charge on any atom is 0.331 e. The van der Waals surface area contributed by atoms with Crippen LogP contribution in [0.3, 0.4) is 0 Å². The Morgan fingerprint density at radius 2 is 2.17 bits per heavy atom. The molecule has 1 aromatic rings. The Bertz CT molecular complexity index is 647. The highest BCUT2D eigenvalue weighted by Gasteiger charge is 2.62. The third kappa shape index (κ3) is 2.53. The number of halogens is 1. The highest BCUT2D eigenvalue weighted by atomic mass is 79.9. The molecule has 1 spiro atoms. The predicted molar refractivity (Wildman–Crippen MR) is 99.6 cm³/mol. The lowest BCUT2D eigenvalue weighted by Crippen LogP contribution is -2.58. The molecule has 0 aliphatic heterocycles. The summed E-state index contributed by atoms with van der Waals surface area (Å²) in [6, 6.07) is 6.19. The van der Waals surface area contributed by atoms with Gasteiger partial charge in [-0.2, -0.15) is 0 Å². The first-order valence-electron chi connectivity index (χ1n) is 9.13. The standard InChI is InChI=1S/C20H28BrNO2/c1-4-14-11-19(9-8-13(14)3)12-15-6-7-16(21)10-17(15)20(19,22)18(23)24-5-2/h6-7,10,13-14H,4-5,8-9,11-12,22H2,1-3H3/t13-,14-,19-,20-/m1/s1. The number of fused-ring (bicyclic) bond motifs is 1. The molecule has 1 fully saturated rings. The van der Waals surface area contributed by atoms with Crippen LogP contribution in [0.5, 0.6) is 0 Å². The molecule has 0 amide bonds. The van der Waals surface area contributed by atoms with Crippen LogP contribution in [-0.2, 0) is 21.5 Å². The summed E-state index contributed by atoms with van der Waals surface area (Å²) in [5, 5.41) is 0. The Morgan fingerprint density at radius 1 is 1.42 bits per heavy atom. The zero-order valence-corrected chi connectivity index (χ0v) is 16.5. The molecule has 1 aromatic carbocycles. The lowest BCUT2D eigenvalue weighted by atomic mass is 9.57. The van der Waals surface area contributed by atoms with Gasteiger partial charge in [0.05, 0.1) is 6.61 Å². The number of hydrogen-bond donors (Lipinski definition) is 1. The Morgan fingerprint density at radius 3 is 2.83 bits per heavy atom. The van der Waals surface area contributed by atoms with Crippen LogP contribution in [0.15, 0.2) is 22.7 Å². The van der Waals surface area contributed by atoms with Crippen LogP contribution >= 0.6 is 15.9 Å². The van der Waals surface area contributed by atoms with Gasteiger partial charge in [-0.05, 0) is 67.7 Å². The second-order valence-electron chi connectivity index (χ2n) is 7.68. The molecule has 3 rings (SSSR count). The molecule has 1 saturated carbocycles. The van der Waals surface area contributed by atoms with Gasteiger partial charge in [-0.1, -0.05) is 42.3 Å². The average molecular weight is 394 g/mol. The Kier molecular flexibility index (Phi) is 4.82. The molecule has 0 aromatic heterocycles. The van der Waals surface area contributed by atoms with Crippen molar-refractivity contribution in [1.82, 2.24) is 0 Å². The SMILES string of the molecule is CCOC(=O)[C@]1(N)c2cc(Br)ccc2C[C@]12CC[C@@H](C)[C@H](CC)C2. The summed E-state index contributed by atoms with van der Waals surface area (Å²) in [4.78, 5) is 13.0. The number of nitrogens with two attached hydrogens (primary N) is 1. The summed E-state index contributed by atoms with van der Waals surface area (Å²) in [5.41, 5.74) is 7.87. The van der Waals surface area contributed by atoms with Gasteiger partial charge in [0.2, 0.25) is 0 Å². The highest BCUT2D eigenvalue weighted by Crippen LogP contribution is 2.59. The second kappa shape index (κ2) is 6.45. The zero-order chi connectivity index (χ0) is 17.5. The fourth-order valence-electron chi connectivity index (χ4n) is 5.04. The van der Waals surface area contributed by atoms with E-state index in [1.807, 2.05) is 19.1 Å². The van der Waals surface area contributed by atoms with Crippen molar-refractivity contribution in [3.8, 4) is 0 Å². The monoisotopic (exact) mass is 393 g/mol. The van der Waals surface area contributed by atoms with E-state index in [0.717, 1.165) is 42.1 Å². The molecular formula is C20H28BrNO2. The Balaban J connectivity index is 2.11. The summed E-state index contributed by atoms with van der Waals surface area (Å²) in [6.07, 6.45) is 5.15. The molecular weight excluding hydrogens is 366 g/mol. The van der Waals surface area contributed by atoms with E-state index in [2.05, 4.69) is 35.8 Å². The van der Waals surface area contributed by atoms with Crippen LogP contribution in [0.4, 0.5) is 0 Å². The number of rotatable bonds is 3. The summed E-state index contributed by atoms with van der Waals surface area (Å²) in [6.45, 7) is 6.80. The Hall–Kier alpha value is -0.870. The number of carbonyl (C=O) groups is 1. The van der Waals surface area contributed by atoms with Crippen LogP contribution in [0.1, 0.15) is 57.6 Å². The van der Waals surface area contributed by atoms with E-state index in [-0.39, 0.29) is 11.4 Å². The summed E-state index contributed by atoms with van der Waals surface area (Å²) < 4.78 is 6.44. The molecule has 2 aliphatic rings. The van der Waals surface area contributed by atoms with Gasteiger partial charge in [0.15, 0.2) is 0 Å². The zero-order valence-electron chi connectivity index (χ0n) is 14.9. The number of hydrogen-bond acceptors (Lipinski definition) is 3. The summed E-state index contributed by atoms with van der Waals surface area (Å²) in [7, 11) is 0. The van der Waals surface area contributed by atoms with Crippen molar-refractivity contribution in [2.45, 2.75) is 58.4 Å². The van der Waals surface area contributed by atoms with Crippen molar-refractivity contribution in [3.63, 3.8) is 0 Å². The molecule has 0 bridgehead atoms. The molecule has 0 saturated heterocycles.